The Kier molecular flexibility index (Phi) is 7.39. The number of aliphatic carboxylic acids is 1. The first-order chi connectivity index (χ1) is 12.5. The first-order valence-corrected chi connectivity index (χ1v) is 9.35. The van der Waals surface area contributed by atoms with Crippen LogP contribution in [0.1, 0.15) is 60.9 Å². The van der Waals surface area contributed by atoms with Gasteiger partial charge >= 0.3 is 5.97 Å². The number of nitrogens with two attached hydrogens (primary N) is 1. The fourth-order valence-electron chi connectivity index (χ4n) is 4.47. The average Bonchev–Trinajstić information content (AvgIpc) is 2.64. The molecule has 4 N–H and O–H groups in total. The number of hydrogen-bond acceptors (Lipinski definition) is 5. The smallest absolute Gasteiger partial charge is 0.303 e. The van der Waals surface area contributed by atoms with Crippen molar-refractivity contribution >= 4 is 30.4 Å². The largest absolute Gasteiger partial charge is 0.481 e. The molecule has 3 rings (SSSR count). The van der Waals surface area contributed by atoms with Gasteiger partial charge in [-0.3, -0.25) is 9.59 Å². The highest BCUT2D eigenvalue weighted by atomic mass is 35.5. The Hall–Kier alpha value is -1.92. The number of hydrogen-bond donors (Lipinski definition) is 3. The van der Waals surface area contributed by atoms with Crippen LogP contribution in [0.5, 0.6) is 0 Å². The van der Waals surface area contributed by atoms with Gasteiger partial charge in [-0.15, -0.1) is 12.4 Å². The molecule has 0 aromatic heterocycles. The average molecular weight is 394 g/mol. The molecular weight excluding hydrogens is 366 g/mol. The molecule has 0 amide bonds. The van der Waals surface area contributed by atoms with Gasteiger partial charge in [0.05, 0.1) is 12.3 Å². The fraction of sp³-hybridized carbons (Fsp3) is 0.550. The Morgan fingerprint density at radius 1 is 1.22 bits per heavy atom. The van der Waals surface area contributed by atoms with Crippen molar-refractivity contribution in [2.45, 2.75) is 51.0 Å². The Bertz CT molecular complexity index is 689. The normalized spacial score (nSPS) is 28.0. The number of ketones is 1. The Morgan fingerprint density at radius 3 is 2.48 bits per heavy atom. The zero-order valence-corrected chi connectivity index (χ0v) is 16.2. The summed E-state index contributed by atoms with van der Waals surface area (Å²) in [5, 5.41) is 16.0. The topological polar surface area (TPSA) is 105 Å². The van der Waals surface area contributed by atoms with Crippen molar-refractivity contribution in [3.05, 3.63) is 35.4 Å². The molecule has 2 aliphatic rings. The lowest BCUT2D eigenvalue weighted by atomic mass is 9.65. The van der Waals surface area contributed by atoms with E-state index in [1.165, 1.54) is 6.21 Å². The molecule has 1 aromatic rings. The van der Waals surface area contributed by atoms with Crippen LogP contribution < -0.4 is 11.2 Å². The van der Waals surface area contributed by atoms with Crippen LogP contribution in [0, 0.1) is 11.3 Å². The standard InChI is InChI=1S/C20H27N3O3.ClH/c21-23-12-15-3-1-2-4-16(15)19(26)17-7-10-20(13-22-17)8-5-14(6-9-20)11-18(24)25;/h1-4,12,14,17,22H,5-11,13,21H2,(H,24,25);1H. The van der Waals surface area contributed by atoms with E-state index in [4.69, 9.17) is 10.9 Å². The second-order valence-corrected chi connectivity index (χ2v) is 7.74. The van der Waals surface area contributed by atoms with E-state index < -0.39 is 5.97 Å². The van der Waals surface area contributed by atoms with Gasteiger partial charge in [0.2, 0.25) is 0 Å². The van der Waals surface area contributed by atoms with Gasteiger partial charge < -0.3 is 16.3 Å². The number of nitrogens with one attached hydrogen (secondary N) is 1. The third-order valence-electron chi connectivity index (χ3n) is 6.07. The van der Waals surface area contributed by atoms with E-state index in [2.05, 4.69) is 10.4 Å². The number of hydrazone groups is 1. The van der Waals surface area contributed by atoms with E-state index in [0.29, 0.717) is 11.5 Å². The third kappa shape index (κ3) is 5.08. The van der Waals surface area contributed by atoms with E-state index >= 15 is 0 Å². The number of Topliss-reactive ketones (excluding diaryl/α,β-unsaturated/α-hetero) is 1. The van der Waals surface area contributed by atoms with Gasteiger partial charge in [-0.25, -0.2) is 0 Å². The summed E-state index contributed by atoms with van der Waals surface area (Å²) in [4.78, 5) is 23.8. The molecular formula is C20H28ClN3O3. The van der Waals surface area contributed by atoms with E-state index in [-0.39, 0.29) is 36.1 Å². The van der Waals surface area contributed by atoms with Crippen LogP contribution in [0.3, 0.4) is 0 Å². The summed E-state index contributed by atoms with van der Waals surface area (Å²) in [6, 6.07) is 7.21. The molecule has 0 radical (unpaired) electrons. The number of carbonyl (C=O) groups excluding carboxylic acids is 1. The third-order valence-corrected chi connectivity index (χ3v) is 6.07. The molecule has 1 saturated heterocycles. The number of carbonyl (C=O) groups is 2. The summed E-state index contributed by atoms with van der Waals surface area (Å²) in [5.74, 6) is 4.95. The number of carboxylic acid groups (broad SMARTS) is 1. The molecule has 6 nitrogen and oxygen atoms in total. The van der Waals surface area contributed by atoms with E-state index in [1.807, 2.05) is 24.3 Å². The highest BCUT2D eigenvalue weighted by Gasteiger charge is 2.40. The minimum absolute atomic E-state index is 0. The van der Waals surface area contributed by atoms with Crippen molar-refractivity contribution in [1.82, 2.24) is 5.32 Å². The van der Waals surface area contributed by atoms with Crippen molar-refractivity contribution in [3.63, 3.8) is 0 Å². The van der Waals surface area contributed by atoms with Gasteiger partial charge in [0.25, 0.3) is 0 Å². The van der Waals surface area contributed by atoms with Gasteiger partial charge in [-0.05, 0) is 49.9 Å². The molecule has 1 unspecified atom stereocenters. The van der Waals surface area contributed by atoms with Crippen molar-refractivity contribution in [2.75, 3.05) is 6.54 Å². The molecule has 1 atom stereocenters. The van der Waals surface area contributed by atoms with Crippen molar-refractivity contribution in [2.24, 2.45) is 22.3 Å². The van der Waals surface area contributed by atoms with Crippen LogP contribution in [0.15, 0.2) is 29.4 Å². The predicted octanol–water partition coefficient (Wildman–Crippen LogP) is 2.99. The molecule has 1 aliphatic carbocycles. The highest BCUT2D eigenvalue weighted by molar-refractivity contribution is 6.06. The number of piperidine rings is 1. The number of rotatable bonds is 5. The molecule has 1 spiro atoms. The van der Waals surface area contributed by atoms with E-state index in [9.17, 15) is 9.59 Å². The van der Waals surface area contributed by atoms with E-state index in [0.717, 1.165) is 50.6 Å². The van der Waals surface area contributed by atoms with Gasteiger partial charge in [-0.2, -0.15) is 5.10 Å². The van der Waals surface area contributed by atoms with Crippen LogP contribution in [0.2, 0.25) is 0 Å². The lowest BCUT2D eigenvalue weighted by Gasteiger charge is -2.45. The zero-order valence-electron chi connectivity index (χ0n) is 15.4. The lowest BCUT2D eigenvalue weighted by Crippen LogP contribution is -2.50. The Morgan fingerprint density at radius 2 is 1.89 bits per heavy atom. The summed E-state index contributed by atoms with van der Waals surface area (Å²) >= 11 is 0. The maximum absolute atomic E-state index is 12.9. The quantitative estimate of drug-likeness (QED) is 0.308. The van der Waals surface area contributed by atoms with Crippen LogP contribution in [0.4, 0.5) is 0 Å². The molecule has 148 valence electrons. The maximum atomic E-state index is 12.9. The molecule has 1 aliphatic heterocycles. The number of halogens is 1. The molecule has 1 aromatic carbocycles. The number of benzene rings is 1. The minimum atomic E-state index is -0.696. The maximum Gasteiger partial charge on any atom is 0.303 e. The van der Waals surface area contributed by atoms with Crippen LogP contribution in [0.25, 0.3) is 0 Å². The summed E-state index contributed by atoms with van der Waals surface area (Å²) in [6.45, 7) is 0.830. The molecule has 27 heavy (non-hydrogen) atoms. The van der Waals surface area contributed by atoms with Crippen LogP contribution >= 0.6 is 12.4 Å². The van der Waals surface area contributed by atoms with Crippen LogP contribution in [-0.2, 0) is 4.79 Å². The minimum Gasteiger partial charge on any atom is -0.481 e. The van der Waals surface area contributed by atoms with Gasteiger partial charge in [-0.1, -0.05) is 24.3 Å². The highest BCUT2D eigenvalue weighted by Crippen LogP contribution is 2.45. The molecule has 0 bridgehead atoms. The molecule has 1 saturated carbocycles. The number of nitrogens with zero attached hydrogens (tertiary/aromatic N) is 1. The van der Waals surface area contributed by atoms with Crippen molar-refractivity contribution < 1.29 is 14.7 Å². The summed E-state index contributed by atoms with van der Waals surface area (Å²) in [7, 11) is 0. The zero-order chi connectivity index (χ0) is 18.6. The summed E-state index contributed by atoms with van der Waals surface area (Å²) in [5.41, 5.74) is 1.63. The van der Waals surface area contributed by atoms with Crippen molar-refractivity contribution in [1.29, 1.82) is 0 Å². The predicted molar refractivity (Wildman–Crippen MR) is 107 cm³/mol. The molecule has 2 fully saturated rings. The second-order valence-electron chi connectivity index (χ2n) is 7.74. The second kappa shape index (κ2) is 9.33. The molecule has 7 heteroatoms. The first kappa shape index (κ1) is 21.4. The Balaban J connectivity index is 0.00000261. The summed E-state index contributed by atoms with van der Waals surface area (Å²) < 4.78 is 0. The first-order valence-electron chi connectivity index (χ1n) is 9.35. The van der Waals surface area contributed by atoms with Gasteiger partial charge in [0.1, 0.15) is 0 Å². The van der Waals surface area contributed by atoms with Crippen molar-refractivity contribution in [3.8, 4) is 0 Å². The van der Waals surface area contributed by atoms with E-state index in [1.54, 1.807) is 0 Å². The van der Waals surface area contributed by atoms with Gasteiger partial charge in [0, 0.05) is 24.1 Å². The van der Waals surface area contributed by atoms with Gasteiger partial charge in [0.15, 0.2) is 5.78 Å². The van der Waals surface area contributed by atoms with Crippen LogP contribution in [-0.4, -0.2) is 35.7 Å². The monoisotopic (exact) mass is 393 g/mol. The lowest BCUT2D eigenvalue weighted by molar-refractivity contribution is -0.138. The Labute approximate surface area is 166 Å². The SMILES string of the molecule is Cl.NN=Cc1ccccc1C(=O)C1CCC2(CCC(CC(=O)O)CC2)CN1. The number of carboxylic acids is 1. The summed E-state index contributed by atoms with van der Waals surface area (Å²) in [6.07, 6.45) is 7.68. The fourth-order valence-corrected chi connectivity index (χ4v) is 4.47. The molecule has 1 heterocycles.